The summed E-state index contributed by atoms with van der Waals surface area (Å²) < 4.78 is 23.0. The number of likely N-dealkylation sites (N-methyl/N-ethyl adjacent to an activating group) is 1. The highest BCUT2D eigenvalue weighted by molar-refractivity contribution is 7.90. The predicted octanol–water partition coefficient (Wildman–Crippen LogP) is 0.854. The van der Waals surface area contributed by atoms with Crippen LogP contribution in [-0.2, 0) is 25.8 Å². The van der Waals surface area contributed by atoms with Crippen molar-refractivity contribution in [2.75, 3.05) is 19.8 Å². The second kappa shape index (κ2) is 6.20. The van der Waals surface area contributed by atoms with E-state index in [1.807, 2.05) is 4.90 Å². The van der Waals surface area contributed by atoms with Crippen molar-refractivity contribution in [1.82, 2.24) is 9.80 Å². The Hall–Kier alpha value is -1.89. The monoisotopic (exact) mass is 350 g/mol. The van der Waals surface area contributed by atoms with Crippen molar-refractivity contribution < 1.29 is 18.0 Å². The minimum Gasteiger partial charge on any atom is -0.344 e. The molecule has 2 heterocycles. The number of amides is 2. The largest absolute Gasteiger partial charge is 0.344 e. The minimum atomic E-state index is -3.23. The van der Waals surface area contributed by atoms with Gasteiger partial charge in [0.25, 0.3) is 0 Å². The smallest absolute Gasteiger partial charge is 0.227 e. The maximum atomic E-state index is 12.8. The molecule has 3 rings (SSSR count). The molecule has 2 aliphatic rings. The Balaban J connectivity index is 1.74. The van der Waals surface area contributed by atoms with Crippen LogP contribution in [0.4, 0.5) is 0 Å². The van der Waals surface area contributed by atoms with E-state index in [1.54, 1.807) is 24.1 Å². The van der Waals surface area contributed by atoms with E-state index >= 15 is 0 Å². The lowest BCUT2D eigenvalue weighted by atomic mass is 10.1. The van der Waals surface area contributed by atoms with Gasteiger partial charge in [0.2, 0.25) is 11.8 Å². The normalized spacial score (nSPS) is 24.2. The van der Waals surface area contributed by atoms with Crippen LogP contribution in [0.5, 0.6) is 0 Å². The van der Waals surface area contributed by atoms with E-state index in [4.69, 9.17) is 0 Å². The molecular weight excluding hydrogens is 328 g/mol. The van der Waals surface area contributed by atoms with Crippen LogP contribution in [0, 0.1) is 0 Å². The van der Waals surface area contributed by atoms with Gasteiger partial charge < -0.3 is 9.80 Å². The van der Waals surface area contributed by atoms with Gasteiger partial charge in [-0.2, -0.15) is 0 Å². The highest BCUT2D eigenvalue weighted by Gasteiger charge is 2.41. The van der Waals surface area contributed by atoms with E-state index in [-0.39, 0.29) is 35.2 Å². The first-order valence-corrected chi connectivity index (χ1v) is 9.99. The van der Waals surface area contributed by atoms with Crippen molar-refractivity contribution in [1.29, 1.82) is 0 Å². The average Bonchev–Trinajstić information content (AvgIpc) is 2.83. The molecule has 7 heteroatoms. The van der Waals surface area contributed by atoms with Gasteiger partial charge in [-0.05, 0) is 30.5 Å². The molecule has 2 atom stereocenters. The summed E-state index contributed by atoms with van der Waals surface area (Å²) >= 11 is 0. The van der Waals surface area contributed by atoms with Gasteiger partial charge in [-0.1, -0.05) is 12.1 Å². The first-order chi connectivity index (χ1) is 11.3. The Kier molecular flexibility index (Phi) is 4.38. The topological polar surface area (TPSA) is 74.8 Å². The Morgan fingerprint density at radius 1 is 1.17 bits per heavy atom. The summed E-state index contributed by atoms with van der Waals surface area (Å²) in [6.45, 7) is 0.591. The zero-order valence-corrected chi connectivity index (χ0v) is 14.8. The second-order valence-electron chi connectivity index (χ2n) is 6.76. The summed E-state index contributed by atoms with van der Waals surface area (Å²) in [5, 5.41) is 0. The molecular formula is C17H22N2O4S. The molecule has 0 saturated carbocycles. The fourth-order valence-corrected chi connectivity index (χ4v) is 4.27. The third kappa shape index (κ3) is 3.31. The number of sulfone groups is 1. The quantitative estimate of drug-likeness (QED) is 0.810. The van der Waals surface area contributed by atoms with Crippen molar-refractivity contribution in [2.45, 2.75) is 42.7 Å². The van der Waals surface area contributed by atoms with E-state index in [2.05, 4.69) is 0 Å². The number of hydrogen-bond donors (Lipinski definition) is 0. The minimum absolute atomic E-state index is 0.00440. The van der Waals surface area contributed by atoms with Crippen molar-refractivity contribution in [3.8, 4) is 0 Å². The fourth-order valence-electron chi connectivity index (χ4n) is 3.64. The van der Waals surface area contributed by atoms with Crippen molar-refractivity contribution in [3.63, 3.8) is 0 Å². The second-order valence-corrected chi connectivity index (χ2v) is 8.77. The van der Waals surface area contributed by atoms with E-state index < -0.39 is 9.84 Å². The first kappa shape index (κ1) is 17.0. The summed E-state index contributed by atoms with van der Waals surface area (Å²) in [7, 11) is -1.44. The average molecular weight is 350 g/mol. The number of benzene rings is 1. The first-order valence-electron chi connectivity index (χ1n) is 8.10. The van der Waals surface area contributed by atoms with Crippen molar-refractivity contribution in [3.05, 3.63) is 29.8 Å². The van der Waals surface area contributed by atoms with Crippen LogP contribution in [0.2, 0.25) is 0 Å². The third-order valence-corrected chi connectivity index (χ3v) is 6.06. The van der Waals surface area contributed by atoms with E-state index in [0.29, 0.717) is 13.0 Å². The number of rotatable bonds is 3. The summed E-state index contributed by atoms with van der Waals surface area (Å²) in [5.41, 5.74) is 0.788. The van der Waals surface area contributed by atoms with Crippen molar-refractivity contribution >= 4 is 21.7 Å². The summed E-state index contributed by atoms with van der Waals surface area (Å²) in [5.74, 6) is 0.107. The molecule has 2 amide bonds. The van der Waals surface area contributed by atoms with Gasteiger partial charge in [0.05, 0.1) is 11.3 Å². The van der Waals surface area contributed by atoms with Crippen LogP contribution in [-0.4, -0.2) is 62.0 Å². The lowest BCUT2D eigenvalue weighted by molar-refractivity contribution is -0.133. The third-order valence-electron chi connectivity index (χ3n) is 4.94. The van der Waals surface area contributed by atoms with Crippen LogP contribution in [0.15, 0.2) is 29.2 Å². The lowest BCUT2D eigenvalue weighted by Gasteiger charge is -2.28. The van der Waals surface area contributed by atoms with Crippen molar-refractivity contribution in [2.24, 2.45) is 0 Å². The molecule has 0 aliphatic carbocycles. The molecule has 2 saturated heterocycles. The highest BCUT2D eigenvalue weighted by atomic mass is 32.2. The molecule has 2 fully saturated rings. The number of likely N-dealkylation sites (tertiary alicyclic amines) is 1. The highest BCUT2D eigenvalue weighted by Crippen LogP contribution is 2.31. The Labute approximate surface area is 142 Å². The van der Waals surface area contributed by atoms with Gasteiger partial charge >= 0.3 is 0 Å². The maximum Gasteiger partial charge on any atom is 0.227 e. The van der Waals surface area contributed by atoms with E-state index in [9.17, 15) is 18.0 Å². The van der Waals surface area contributed by atoms with Gasteiger partial charge in [0.15, 0.2) is 9.84 Å². The van der Waals surface area contributed by atoms with Gasteiger partial charge in [0, 0.05) is 38.4 Å². The number of carbonyl (C=O) groups excluding carboxylic acids is 2. The van der Waals surface area contributed by atoms with Gasteiger partial charge in [-0.25, -0.2) is 8.42 Å². The molecule has 1 aromatic rings. The fraction of sp³-hybridized carbons (Fsp3) is 0.529. The van der Waals surface area contributed by atoms with Crippen LogP contribution in [0.1, 0.15) is 24.8 Å². The summed E-state index contributed by atoms with van der Waals surface area (Å²) in [6.07, 6.45) is 3.60. The predicted molar refractivity (Wildman–Crippen MR) is 89.2 cm³/mol. The van der Waals surface area contributed by atoms with Crippen LogP contribution in [0.3, 0.4) is 0 Å². The number of hydrogen-bond acceptors (Lipinski definition) is 4. The SMILES string of the molecule is CN1C[C@@H]2CC[C@H](CC1=O)N2C(=O)Cc1ccc(S(C)(=O)=O)cc1. The zero-order valence-electron chi connectivity index (χ0n) is 13.9. The molecule has 130 valence electrons. The molecule has 1 aromatic carbocycles. The number of fused-ring (bicyclic) bond motifs is 2. The molecule has 0 aromatic heterocycles. The molecule has 0 spiro atoms. The van der Waals surface area contributed by atoms with Crippen LogP contribution in [0.25, 0.3) is 0 Å². The number of nitrogens with zero attached hydrogens (tertiary/aromatic N) is 2. The summed E-state index contributed by atoms with van der Waals surface area (Å²) in [4.78, 5) is 28.6. The number of carbonyl (C=O) groups is 2. The lowest BCUT2D eigenvalue weighted by Crippen LogP contribution is -2.43. The molecule has 0 unspecified atom stereocenters. The molecule has 6 nitrogen and oxygen atoms in total. The summed E-state index contributed by atoms with van der Waals surface area (Å²) in [6, 6.07) is 6.53. The van der Waals surface area contributed by atoms with Gasteiger partial charge in [0.1, 0.15) is 0 Å². The van der Waals surface area contributed by atoms with Gasteiger partial charge in [-0.15, -0.1) is 0 Å². The molecule has 0 radical (unpaired) electrons. The van der Waals surface area contributed by atoms with Gasteiger partial charge in [-0.3, -0.25) is 9.59 Å². The zero-order chi connectivity index (χ0) is 17.5. The standard InChI is InChI=1S/C17H22N2O4S/c1-18-11-14-6-5-13(10-16(18)20)19(14)17(21)9-12-3-7-15(8-4-12)24(2,22)23/h3-4,7-8,13-14H,5-6,9-11H2,1-2H3/t13-,14+/m1/s1. The molecule has 2 bridgehead atoms. The van der Waals surface area contributed by atoms with Crippen LogP contribution < -0.4 is 0 Å². The van der Waals surface area contributed by atoms with Crippen LogP contribution >= 0.6 is 0 Å². The molecule has 2 aliphatic heterocycles. The Bertz CT molecular complexity index is 757. The molecule has 0 N–H and O–H groups in total. The maximum absolute atomic E-state index is 12.8. The molecule has 24 heavy (non-hydrogen) atoms. The Morgan fingerprint density at radius 3 is 2.42 bits per heavy atom. The Morgan fingerprint density at radius 2 is 1.79 bits per heavy atom. The van der Waals surface area contributed by atoms with E-state index in [0.717, 1.165) is 24.7 Å². The van der Waals surface area contributed by atoms with E-state index in [1.165, 1.54) is 12.1 Å².